The number of hydrogen-bond donors (Lipinski definition) is 0. The van der Waals surface area contributed by atoms with Crippen molar-refractivity contribution in [3.8, 4) is 0 Å². The molecule has 6 rings (SSSR count). The standard InChI is InChI=1S/C39H32O8/c40-34-32(35(41)45-38(44-34,24-28-14-5-1-6-15-28)25-29-16-7-2-8-17-29)22-13-23-33-36(42)46-39(47-37(33)43,26-30-18-9-3-10-19-30)27-31-20-11-4-12-21-31/h1-12,14-23H,13,24-27H2. The molecule has 0 spiro atoms. The van der Waals surface area contributed by atoms with Crippen LogP contribution in [0, 0.1) is 0 Å². The Hall–Kier alpha value is -5.76. The molecular weight excluding hydrogens is 596 g/mol. The van der Waals surface area contributed by atoms with E-state index in [1.54, 1.807) is 0 Å². The molecule has 4 aromatic carbocycles. The lowest BCUT2D eigenvalue weighted by Crippen LogP contribution is -2.50. The Morgan fingerprint density at radius 1 is 0.383 bits per heavy atom. The van der Waals surface area contributed by atoms with Crippen molar-refractivity contribution in [2.45, 2.75) is 43.7 Å². The van der Waals surface area contributed by atoms with Gasteiger partial charge in [0, 0.05) is 0 Å². The van der Waals surface area contributed by atoms with Crippen molar-refractivity contribution in [1.82, 2.24) is 0 Å². The minimum atomic E-state index is -1.55. The molecule has 0 N–H and O–H groups in total. The molecular formula is C39H32O8. The van der Waals surface area contributed by atoms with Crippen LogP contribution in [0.1, 0.15) is 28.7 Å². The highest BCUT2D eigenvalue weighted by atomic mass is 16.8. The molecule has 2 fully saturated rings. The van der Waals surface area contributed by atoms with Crippen LogP contribution < -0.4 is 0 Å². The first kappa shape index (κ1) is 31.2. The highest BCUT2D eigenvalue weighted by Crippen LogP contribution is 2.33. The van der Waals surface area contributed by atoms with Gasteiger partial charge in [0.15, 0.2) is 0 Å². The van der Waals surface area contributed by atoms with E-state index in [1.165, 1.54) is 12.2 Å². The first-order chi connectivity index (χ1) is 22.8. The third-order valence-corrected chi connectivity index (χ3v) is 7.90. The molecule has 0 saturated carbocycles. The van der Waals surface area contributed by atoms with E-state index in [1.807, 2.05) is 121 Å². The van der Waals surface area contributed by atoms with Crippen molar-refractivity contribution in [2.75, 3.05) is 0 Å². The monoisotopic (exact) mass is 628 g/mol. The molecule has 2 heterocycles. The number of carbonyl (C=O) groups excluding carboxylic acids is 4. The van der Waals surface area contributed by atoms with E-state index in [0.29, 0.717) is 0 Å². The molecule has 0 unspecified atom stereocenters. The van der Waals surface area contributed by atoms with Gasteiger partial charge < -0.3 is 18.9 Å². The van der Waals surface area contributed by atoms with Gasteiger partial charge in [0.05, 0.1) is 25.7 Å². The van der Waals surface area contributed by atoms with Gasteiger partial charge in [-0.2, -0.15) is 0 Å². The van der Waals surface area contributed by atoms with Crippen LogP contribution in [0.2, 0.25) is 0 Å². The average Bonchev–Trinajstić information content (AvgIpc) is 3.05. The number of cyclic esters (lactones) is 4. The van der Waals surface area contributed by atoms with E-state index in [2.05, 4.69) is 0 Å². The van der Waals surface area contributed by atoms with Crippen LogP contribution in [0.15, 0.2) is 145 Å². The molecule has 0 radical (unpaired) electrons. The summed E-state index contributed by atoms with van der Waals surface area (Å²) >= 11 is 0. The summed E-state index contributed by atoms with van der Waals surface area (Å²) in [6, 6.07) is 37.2. The Labute approximate surface area is 272 Å². The number of benzene rings is 4. The van der Waals surface area contributed by atoms with Crippen LogP contribution in [-0.2, 0) is 63.8 Å². The summed E-state index contributed by atoms with van der Waals surface area (Å²) < 4.78 is 23.3. The highest BCUT2D eigenvalue weighted by molar-refractivity contribution is 6.16. The topological polar surface area (TPSA) is 105 Å². The molecule has 2 aliphatic rings. The molecule has 0 amide bonds. The lowest BCUT2D eigenvalue weighted by molar-refractivity contribution is -0.236. The molecule has 2 saturated heterocycles. The SMILES string of the molecule is O=C1OC(Cc2ccccc2)(Cc2ccccc2)OC(=O)C1=CCC=C1C(=O)OC(Cc2ccccc2)(Cc2ccccc2)OC1=O. The van der Waals surface area contributed by atoms with Crippen molar-refractivity contribution in [1.29, 1.82) is 0 Å². The van der Waals surface area contributed by atoms with E-state index in [4.69, 9.17) is 18.9 Å². The molecule has 0 aliphatic carbocycles. The van der Waals surface area contributed by atoms with Gasteiger partial charge in [-0.3, -0.25) is 0 Å². The maximum atomic E-state index is 13.2. The maximum absolute atomic E-state index is 13.2. The fourth-order valence-corrected chi connectivity index (χ4v) is 5.77. The first-order valence-electron chi connectivity index (χ1n) is 15.3. The van der Waals surface area contributed by atoms with E-state index in [0.717, 1.165) is 22.3 Å². The molecule has 236 valence electrons. The lowest BCUT2D eigenvalue weighted by Gasteiger charge is -2.37. The predicted molar refractivity (Wildman–Crippen MR) is 171 cm³/mol. The van der Waals surface area contributed by atoms with Crippen LogP contribution in [0.4, 0.5) is 0 Å². The molecule has 0 atom stereocenters. The number of hydrogen-bond acceptors (Lipinski definition) is 8. The largest absolute Gasteiger partial charge is 0.418 e. The third-order valence-electron chi connectivity index (χ3n) is 7.90. The molecule has 47 heavy (non-hydrogen) atoms. The smallest absolute Gasteiger partial charge is 0.348 e. The number of carbonyl (C=O) groups is 4. The van der Waals surface area contributed by atoms with Crippen LogP contribution in [-0.4, -0.2) is 35.5 Å². The zero-order valence-electron chi connectivity index (χ0n) is 25.5. The van der Waals surface area contributed by atoms with Gasteiger partial charge in [-0.15, -0.1) is 0 Å². The van der Waals surface area contributed by atoms with Gasteiger partial charge in [-0.1, -0.05) is 133 Å². The Bertz CT molecular complexity index is 1550. The second-order valence-electron chi connectivity index (χ2n) is 11.5. The molecule has 8 heteroatoms. The van der Waals surface area contributed by atoms with Crippen molar-refractivity contribution >= 4 is 23.9 Å². The lowest BCUT2D eigenvalue weighted by atomic mass is 9.96. The zero-order valence-corrected chi connectivity index (χ0v) is 25.5. The Morgan fingerprint density at radius 2 is 0.617 bits per heavy atom. The fourth-order valence-electron chi connectivity index (χ4n) is 5.77. The first-order valence-corrected chi connectivity index (χ1v) is 15.3. The van der Waals surface area contributed by atoms with E-state index in [9.17, 15) is 19.2 Å². The molecule has 0 bridgehead atoms. The third kappa shape index (κ3) is 7.56. The van der Waals surface area contributed by atoms with Gasteiger partial charge >= 0.3 is 23.9 Å². The molecule has 8 nitrogen and oxygen atoms in total. The summed E-state index contributed by atoms with van der Waals surface area (Å²) in [6.07, 6.45) is 3.03. The Balaban J connectivity index is 1.19. The second-order valence-corrected chi connectivity index (χ2v) is 11.5. The van der Waals surface area contributed by atoms with Crippen molar-refractivity contribution in [3.63, 3.8) is 0 Å². The van der Waals surface area contributed by atoms with Crippen molar-refractivity contribution < 1.29 is 38.1 Å². The van der Waals surface area contributed by atoms with Crippen LogP contribution >= 0.6 is 0 Å². The van der Waals surface area contributed by atoms with E-state index in [-0.39, 0.29) is 43.3 Å². The summed E-state index contributed by atoms with van der Waals surface area (Å²) in [5.74, 6) is -6.53. The van der Waals surface area contributed by atoms with Crippen molar-refractivity contribution in [2.24, 2.45) is 0 Å². The minimum absolute atomic E-state index is 0.131. The zero-order chi connectivity index (χ0) is 32.7. The highest BCUT2D eigenvalue weighted by Gasteiger charge is 2.48. The number of rotatable bonds is 10. The van der Waals surface area contributed by atoms with Gasteiger partial charge in [0.25, 0.3) is 11.6 Å². The maximum Gasteiger partial charge on any atom is 0.348 e. The summed E-state index contributed by atoms with van der Waals surface area (Å²) in [4.78, 5) is 53.0. The van der Waals surface area contributed by atoms with Crippen molar-refractivity contribution in [3.05, 3.63) is 167 Å². The average molecular weight is 629 g/mol. The summed E-state index contributed by atoms with van der Waals surface area (Å²) in [5, 5.41) is 0. The Kier molecular flexibility index (Phi) is 9.11. The number of esters is 4. The fraction of sp³-hybridized carbons (Fsp3) is 0.179. The summed E-state index contributed by atoms with van der Waals surface area (Å²) in [5.41, 5.74) is 2.63. The van der Waals surface area contributed by atoms with E-state index < -0.39 is 35.5 Å². The van der Waals surface area contributed by atoms with Gasteiger partial charge in [-0.05, 0) is 28.7 Å². The van der Waals surface area contributed by atoms with Gasteiger partial charge in [0.2, 0.25) is 0 Å². The predicted octanol–water partition coefficient (Wildman–Crippen LogP) is 5.79. The molecule has 4 aromatic rings. The normalized spacial score (nSPS) is 16.8. The van der Waals surface area contributed by atoms with E-state index >= 15 is 0 Å². The van der Waals surface area contributed by atoms with Crippen LogP contribution in [0.3, 0.4) is 0 Å². The second kappa shape index (κ2) is 13.7. The number of ether oxygens (including phenoxy) is 4. The quantitative estimate of drug-likeness (QED) is 0.123. The molecule has 2 aliphatic heterocycles. The summed E-state index contributed by atoms with van der Waals surface area (Å²) in [7, 11) is 0. The Morgan fingerprint density at radius 3 is 0.851 bits per heavy atom. The van der Waals surface area contributed by atoms with Crippen LogP contribution in [0.5, 0.6) is 0 Å². The van der Waals surface area contributed by atoms with Gasteiger partial charge in [0.1, 0.15) is 11.1 Å². The minimum Gasteiger partial charge on any atom is -0.418 e. The summed E-state index contributed by atoms with van der Waals surface area (Å²) in [6.45, 7) is 0. The number of allylic oxidation sites excluding steroid dienone is 2. The van der Waals surface area contributed by atoms with Crippen LogP contribution in [0.25, 0.3) is 0 Å². The molecule has 0 aromatic heterocycles. The van der Waals surface area contributed by atoms with Gasteiger partial charge in [-0.25, -0.2) is 19.2 Å².